The van der Waals surface area contributed by atoms with E-state index in [1.807, 2.05) is 12.1 Å². The van der Waals surface area contributed by atoms with E-state index in [0.717, 1.165) is 50.6 Å². The molecule has 0 bridgehead atoms. The Bertz CT molecular complexity index is 742. The van der Waals surface area contributed by atoms with Crippen LogP contribution in [0.1, 0.15) is 57.4 Å². The molecule has 31 heavy (non-hydrogen) atoms. The fraction of sp³-hybridized carbons (Fsp3) is 0.667. The molecule has 3 aliphatic rings. The molecule has 0 aromatic heterocycles. The van der Waals surface area contributed by atoms with Crippen molar-refractivity contribution < 1.29 is 9.53 Å². The van der Waals surface area contributed by atoms with Crippen molar-refractivity contribution in [2.45, 2.75) is 64.3 Å². The minimum Gasteiger partial charge on any atom is -0.484 e. The van der Waals surface area contributed by atoms with E-state index < -0.39 is 0 Å². The lowest BCUT2D eigenvalue weighted by molar-refractivity contribution is -0.123. The van der Waals surface area contributed by atoms with E-state index in [2.05, 4.69) is 34.6 Å². The van der Waals surface area contributed by atoms with Crippen LogP contribution in [0.2, 0.25) is 0 Å². The van der Waals surface area contributed by atoms with Gasteiger partial charge in [-0.15, -0.1) is 24.0 Å². The summed E-state index contributed by atoms with van der Waals surface area (Å²) < 4.78 is 5.58. The van der Waals surface area contributed by atoms with Crippen LogP contribution in [-0.4, -0.2) is 55.6 Å². The third-order valence-electron chi connectivity index (χ3n) is 6.63. The van der Waals surface area contributed by atoms with Gasteiger partial charge in [-0.3, -0.25) is 9.79 Å². The van der Waals surface area contributed by atoms with E-state index in [9.17, 15) is 4.79 Å². The molecular weight excluding hydrogens is 503 g/mol. The molecule has 1 aliphatic heterocycles. The highest BCUT2D eigenvalue weighted by Gasteiger charge is 2.41. The molecule has 4 rings (SSSR count). The van der Waals surface area contributed by atoms with Crippen LogP contribution in [0.5, 0.6) is 5.75 Å². The van der Waals surface area contributed by atoms with Crippen molar-refractivity contribution in [2.75, 3.05) is 32.8 Å². The number of hydrogen-bond donors (Lipinski definition) is 2. The van der Waals surface area contributed by atoms with Crippen molar-refractivity contribution in [3.05, 3.63) is 29.8 Å². The smallest absolute Gasteiger partial charge is 0.258 e. The number of ether oxygens (including phenoxy) is 1. The predicted octanol–water partition coefficient (Wildman–Crippen LogP) is 3.74. The molecule has 1 spiro atoms. The standard InChI is InChI=1S/C24H36N4O2.HI/c1-2-25-23(28-16-14-24(18-28)12-3-4-13-24)26-15-11-19-5-9-21(10-6-19)30-17-22(29)27-20-7-8-20;/h5-6,9-10,20H,2-4,7-8,11-18H2,1H3,(H,25,26)(H,27,29);1H. The first-order valence-electron chi connectivity index (χ1n) is 11.7. The molecule has 0 atom stereocenters. The fourth-order valence-electron chi connectivity index (χ4n) is 4.76. The third kappa shape index (κ3) is 6.99. The number of nitrogens with one attached hydrogen (secondary N) is 2. The summed E-state index contributed by atoms with van der Waals surface area (Å²) in [6, 6.07) is 8.40. The number of halogens is 1. The van der Waals surface area contributed by atoms with Crippen LogP contribution in [0.3, 0.4) is 0 Å². The molecule has 1 aromatic carbocycles. The highest BCUT2D eigenvalue weighted by atomic mass is 127. The van der Waals surface area contributed by atoms with Gasteiger partial charge in [0, 0.05) is 32.2 Å². The molecule has 172 valence electrons. The number of benzene rings is 1. The maximum atomic E-state index is 11.7. The van der Waals surface area contributed by atoms with Crippen LogP contribution in [0.4, 0.5) is 0 Å². The summed E-state index contributed by atoms with van der Waals surface area (Å²) in [6.07, 6.45) is 9.97. The van der Waals surface area contributed by atoms with E-state index in [-0.39, 0.29) is 36.5 Å². The zero-order chi connectivity index (χ0) is 20.8. The lowest BCUT2D eigenvalue weighted by Gasteiger charge is -2.26. The Morgan fingerprint density at radius 1 is 1.19 bits per heavy atom. The first-order chi connectivity index (χ1) is 14.7. The predicted molar refractivity (Wildman–Crippen MR) is 135 cm³/mol. The minimum absolute atomic E-state index is 0. The summed E-state index contributed by atoms with van der Waals surface area (Å²) in [7, 11) is 0. The zero-order valence-corrected chi connectivity index (χ0v) is 21.0. The molecule has 7 heteroatoms. The first-order valence-corrected chi connectivity index (χ1v) is 11.7. The van der Waals surface area contributed by atoms with Crippen molar-refractivity contribution in [1.29, 1.82) is 0 Å². The Hall–Kier alpha value is -1.51. The second kappa shape index (κ2) is 11.4. The number of nitrogens with zero attached hydrogens (tertiary/aromatic N) is 2. The summed E-state index contributed by atoms with van der Waals surface area (Å²) in [5.41, 5.74) is 1.79. The average molecular weight is 540 g/mol. The van der Waals surface area contributed by atoms with Gasteiger partial charge in [-0.05, 0) is 68.6 Å². The van der Waals surface area contributed by atoms with Crippen molar-refractivity contribution in [3.63, 3.8) is 0 Å². The number of likely N-dealkylation sites (tertiary alicyclic amines) is 1. The normalized spacial score (nSPS) is 19.9. The van der Waals surface area contributed by atoms with Gasteiger partial charge < -0.3 is 20.3 Å². The fourth-order valence-corrected chi connectivity index (χ4v) is 4.76. The van der Waals surface area contributed by atoms with Crippen LogP contribution < -0.4 is 15.4 Å². The molecule has 0 unspecified atom stereocenters. The van der Waals surface area contributed by atoms with Gasteiger partial charge in [-0.25, -0.2) is 0 Å². The van der Waals surface area contributed by atoms with Crippen molar-refractivity contribution in [1.82, 2.24) is 15.5 Å². The lowest BCUT2D eigenvalue weighted by Crippen LogP contribution is -2.41. The van der Waals surface area contributed by atoms with Crippen LogP contribution in [0, 0.1) is 5.41 Å². The maximum absolute atomic E-state index is 11.7. The van der Waals surface area contributed by atoms with Gasteiger partial charge in [-0.1, -0.05) is 25.0 Å². The van der Waals surface area contributed by atoms with Crippen molar-refractivity contribution in [2.24, 2.45) is 10.4 Å². The number of carbonyl (C=O) groups excluding carboxylic acids is 1. The van der Waals surface area contributed by atoms with Gasteiger partial charge >= 0.3 is 0 Å². The number of hydrogen-bond acceptors (Lipinski definition) is 3. The van der Waals surface area contributed by atoms with E-state index in [0.29, 0.717) is 11.5 Å². The van der Waals surface area contributed by atoms with Gasteiger partial charge in [0.25, 0.3) is 5.91 Å². The van der Waals surface area contributed by atoms with Gasteiger partial charge in [-0.2, -0.15) is 0 Å². The number of amides is 1. The van der Waals surface area contributed by atoms with E-state index in [4.69, 9.17) is 9.73 Å². The lowest BCUT2D eigenvalue weighted by atomic mass is 9.86. The molecule has 1 aromatic rings. The molecule has 3 fully saturated rings. The van der Waals surface area contributed by atoms with E-state index >= 15 is 0 Å². The van der Waals surface area contributed by atoms with Crippen molar-refractivity contribution >= 4 is 35.8 Å². The molecular formula is C24H37IN4O2. The molecule has 1 amide bonds. The first kappa shape index (κ1) is 24.1. The second-order valence-electron chi connectivity index (χ2n) is 9.14. The molecule has 1 saturated heterocycles. The molecule has 2 saturated carbocycles. The van der Waals surface area contributed by atoms with Gasteiger partial charge in [0.05, 0.1) is 0 Å². The summed E-state index contributed by atoms with van der Waals surface area (Å²) >= 11 is 0. The monoisotopic (exact) mass is 540 g/mol. The maximum Gasteiger partial charge on any atom is 0.258 e. The van der Waals surface area contributed by atoms with Crippen LogP contribution in [-0.2, 0) is 11.2 Å². The second-order valence-corrected chi connectivity index (χ2v) is 9.14. The summed E-state index contributed by atoms with van der Waals surface area (Å²) in [5, 5.41) is 6.42. The number of rotatable bonds is 8. The van der Waals surface area contributed by atoms with Gasteiger partial charge in [0.1, 0.15) is 5.75 Å². The zero-order valence-electron chi connectivity index (χ0n) is 18.7. The minimum atomic E-state index is -0.0341. The highest BCUT2D eigenvalue weighted by Crippen LogP contribution is 2.45. The average Bonchev–Trinajstić information content (AvgIpc) is 3.29. The highest BCUT2D eigenvalue weighted by molar-refractivity contribution is 14.0. The van der Waals surface area contributed by atoms with E-state index in [1.165, 1.54) is 44.2 Å². The van der Waals surface area contributed by atoms with Crippen LogP contribution >= 0.6 is 24.0 Å². The van der Waals surface area contributed by atoms with Gasteiger partial charge in [0.15, 0.2) is 12.6 Å². The third-order valence-corrected chi connectivity index (χ3v) is 6.63. The Morgan fingerprint density at radius 2 is 1.94 bits per heavy atom. The quantitative estimate of drug-likeness (QED) is 0.300. The molecule has 0 radical (unpaired) electrons. The largest absolute Gasteiger partial charge is 0.484 e. The molecule has 6 nitrogen and oxygen atoms in total. The number of aliphatic imine (C=N–C) groups is 1. The number of guanidine groups is 1. The topological polar surface area (TPSA) is 66.0 Å². The Morgan fingerprint density at radius 3 is 2.61 bits per heavy atom. The van der Waals surface area contributed by atoms with E-state index in [1.54, 1.807) is 0 Å². The molecule has 2 aliphatic carbocycles. The molecule has 1 heterocycles. The Labute approximate surface area is 203 Å². The Balaban J connectivity index is 0.00000272. The number of carbonyl (C=O) groups is 1. The van der Waals surface area contributed by atoms with Crippen LogP contribution in [0.15, 0.2) is 29.3 Å². The SMILES string of the molecule is CCNC(=NCCc1ccc(OCC(=O)NC2CC2)cc1)N1CCC2(CCCC2)C1.I. The van der Waals surface area contributed by atoms with Crippen molar-refractivity contribution in [3.8, 4) is 5.75 Å². The Kier molecular flexibility index (Phi) is 8.86. The summed E-state index contributed by atoms with van der Waals surface area (Å²) in [6.45, 7) is 6.20. The molecule has 2 N–H and O–H groups in total. The van der Waals surface area contributed by atoms with Crippen LogP contribution in [0.25, 0.3) is 0 Å². The summed E-state index contributed by atoms with van der Waals surface area (Å²) in [5.74, 6) is 1.77. The summed E-state index contributed by atoms with van der Waals surface area (Å²) in [4.78, 5) is 19.1. The van der Waals surface area contributed by atoms with Gasteiger partial charge in [0.2, 0.25) is 0 Å².